The maximum atomic E-state index is 12.6. The summed E-state index contributed by atoms with van der Waals surface area (Å²) in [6, 6.07) is 18.6. The Bertz CT molecular complexity index is 1110. The summed E-state index contributed by atoms with van der Waals surface area (Å²) in [7, 11) is -3.44. The van der Waals surface area contributed by atoms with E-state index in [4.69, 9.17) is 11.6 Å². The first-order valence-electron chi connectivity index (χ1n) is 8.71. The molecule has 1 N–H and O–H groups in total. The highest BCUT2D eigenvalue weighted by molar-refractivity contribution is 7.90. The molecule has 28 heavy (non-hydrogen) atoms. The summed E-state index contributed by atoms with van der Waals surface area (Å²) in [5, 5.41) is 3.40. The van der Waals surface area contributed by atoms with Crippen LogP contribution in [-0.4, -0.2) is 14.3 Å². The van der Waals surface area contributed by atoms with Gasteiger partial charge < -0.3 is 5.32 Å². The number of rotatable bonds is 5. The van der Waals surface area contributed by atoms with Crippen molar-refractivity contribution >= 4 is 33.0 Å². The average molecular weight is 414 g/mol. The van der Waals surface area contributed by atoms with Gasteiger partial charge in [0.15, 0.2) is 9.84 Å². The Morgan fingerprint density at radius 3 is 2.21 bits per heavy atom. The van der Waals surface area contributed by atoms with Crippen molar-refractivity contribution in [1.29, 1.82) is 0 Å². The van der Waals surface area contributed by atoms with E-state index >= 15 is 0 Å². The molecular formula is C22H20ClNO3S. The lowest BCUT2D eigenvalue weighted by Gasteiger charge is -2.10. The molecule has 0 radical (unpaired) electrons. The summed E-state index contributed by atoms with van der Waals surface area (Å²) in [5.74, 6) is -0.399. The van der Waals surface area contributed by atoms with Gasteiger partial charge in [-0.25, -0.2) is 8.42 Å². The van der Waals surface area contributed by atoms with Gasteiger partial charge in [-0.1, -0.05) is 47.5 Å². The molecule has 1 amide bonds. The third kappa shape index (κ3) is 4.61. The van der Waals surface area contributed by atoms with Crippen molar-refractivity contribution in [3.8, 4) is 0 Å². The van der Waals surface area contributed by atoms with E-state index < -0.39 is 9.84 Å². The van der Waals surface area contributed by atoms with Crippen molar-refractivity contribution in [2.24, 2.45) is 0 Å². The smallest absolute Gasteiger partial charge is 0.255 e. The van der Waals surface area contributed by atoms with Crippen LogP contribution >= 0.6 is 11.6 Å². The first-order chi connectivity index (χ1) is 13.3. The minimum Gasteiger partial charge on any atom is -0.322 e. The molecule has 0 heterocycles. The number of carbonyl (C=O) groups excluding carboxylic acids is 1. The van der Waals surface area contributed by atoms with Gasteiger partial charge >= 0.3 is 0 Å². The third-order valence-electron chi connectivity index (χ3n) is 4.47. The quantitative estimate of drug-likeness (QED) is 0.626. The summed E-state index contributed by atoms with van der Waals surface area (Å²) >= 11 is 6.08. The van der Waals surface area contributed by atoms with Crippen LogP contribution in [0.4, 0.5) is 5.69 Å². The standard InChI is InChI=1S/C22H20ClNO3S/c1-15-6-12-19(13-7-15)28(26,27)14-17-8-10-18(11-9-17)22(25)24-21-5-3-4-20(23)16(21)2/h3-13H,14H2,1-2H3,(H,24,25). The zero-order valence-electron chi connectivity index (χ0n) is 15.6. The van der Waals surface area contributed by atoms with Gasteiger partial charge in [0.05, 0.1) is 10.6 Å². The van der Waals surface area contributed by atoms with Gasteiger partial charge in [0.1, 0.15) is 0 Å². The molecule has 3 rings (SSSR count). The lowest BCUT2D eigenvalue weighted by atomic mass is 10.1. The summed E-state index contributed by atoms with van der Waals surface area (Å²) in [4.78, 5) is 12.7. The summed E-state index contributed by atoms with van der Waals surface area (Å²) in [6.07, 6.45) is 0. The first kappa shape index (κ1) is 20.1. The fraction of sp³-hybridized carbons (Fsp3) is 0.136. The van der Waals surface area contributed by atoms with Gasteiger partial charge in [0, 0.05) is 16.3 Å². The second-order valence-electron chi connectivity index (χ2n) is 6.64. The molecule has 0 aliphatic rings. The zero-order valence-corrected chi connectivity index (χ0v) is 17.1. The molecule has 6 heteroatoms. The zero-order chi connectivity index (χ0) is 20.3. The molecule has 3 aromatic rings. The number of hydrogen-bond donors (Lipinski definition) is 1. The number of amides is 1. The van der Waals surface area contributed by atoms with E-state index in [2.05, 4.69) is 5.32 Å². The first-order valence-corrected chi connectivity index (χ1v) is 10.7. The van der Waals surface area contributed by atoms with E-state index in [0.29, 0.717) is 21.8 Å². The van der Waals surface area contributed by atoms with Crippen LogP contribution in [0.15, 0.2) is 71.6 Å². The number of sulfone groups is 1. The van der Waals surface area contributed by atoms with Crippen LogP contribution in [0.3, 0.4) is 0 Å². The molecule has 0 aromatic heterocycles. The van der Waals surface area contributed by atoms with Crippen LogP contribution in [0.1, 0.15) is 27.0 Å². The molecule has 0 aliphatic heterocycles. The van der Waals surface area contributed by atoms with Gasteiger partial charge in [0.2, 0.25) is 0 Å². The second-order valence-corrected chi connectivity index (χ2v) is 9.03. The van der Waals surface area contributed by atoms with Crippen molar-refractivity contribution < 1.29 is 13.2 Å². The summed E-state index contributed by atoms with van der Waals surface area (Å²) in [6.45, 7) is 3.74. The average Bonchev–Trinajstić information content (AvgIpc) is 2.66. The van der Waals surface area contributed by atoms with Crippen LogP contribution in [0, 0.1) is 13.8 Å². The fourth-order valence-electron chi connectivity index (χ4n) is 2.74. The Hall–Kier alpha value is -2.63. The predicted molar refractivity (Wildman–Crippen MR) is 113 cm³/mol. The van der Waals surface area contributed by atoms with Crippen LogP contribution < -0.4 is 5.32 Å². The predicted octanol–water partition coefficient (Wildman–Crippen LogP) is 5.18. The molecule has 0 aliphatic carbocycles. The number of benzene rings is 3. The molecule has 0 unspecified atom stereocenters. The van der Waals surface area contributed by atoms with E-state index in [1.165, 1.54) is 0 Å². The number of hydrogen-bond acceptors (Lipinski definition) is 3. The van der Waals surface area contributed by atoms with Crippen LogP contribution in [0.5, 0.6) is 0 Å². The number of nitrogens with one attached hydrogen (secondary N) is 1. The lowest BCUT2D eigenvalue weighted by molar-refractivity contribution is 0.102. The molecule has 4 nitrogen and oxygen atoms in total. The molecule has 0 fully saturated rings. The Labute approximate surface area is 170 Å². The molecule has 0 bridgehead atoms. The van der Waals surface area contributed by atoms with Gasteiger partial charge in [-0.15, -0.1) is 0 Å². The van der Waals surface area contributed by atoms with Gasteiger partial charge in [-0.05, 0) is 61.4 Å². The Kier molecular flexibility index (Phi) is 5.87. The Morgan fingerprint density at radius 1 is 0.929 bits per heavy atom. The van der Waals surface area contributed by atoms with Crippen molar-refractivity contribution in [3.63, 3.8) is 0 Å². The van der Waals surface area contributed by atoms with E-state index in [1.54, 1.807) is 66.7 Å². The molecule has 3 aromatic carbocycles. The third-order valence-corrected chi connectivity index (χ3v) is 6.58. The second kappa shape index (κ2) is 8.17. The maximum absolute atomic E-state index is 12.6. The lowest BCUT2D eigenvalue weighted by Crippen LogP contribution is -2.13. The molecule has 144 valence electrons. The van der Waals surface area contributed by atoms with Crippen LogP contribution in [-0.2, 0) is 15.6 Å². The number of carbonyl (C=O) groups is 1. The highest BCUT2D eigenvalue weighted by atomic mass is 35.5. The minimum absolute atomic E-state index is 0.120. The van der Waals surface area contributed by atoms with Crippen LogP contribution in [0.25, 0.3) is 0 Å². The van der Waals surface area contributed by atoms with Gasteiger partial charge in [0.25, 0.3) is 5.91 Å². The maximum Gasteiger partial charge on any atom is 0.255 e. The monoisotopic (exact) mass is 413 g/mol. The Balaban J connectivity index is 1.73. The molecule has 0 saturated heterocycles. The normalized spacial score (nSPS) is 11.2. The van der Waals surface area contributed by atoms with E-state index in [-0.39, 0.29) is 16.6 Å². The van der Waals surface area contributed by atoms with Crippen molar-refractivity contribution in [2.45, 2.75) is 24.5 Å². The SMILES string of the molecule is Cc1ccc(S(=O)(=O)Cc2ccc(C(=O)Nc3cccc(Cl)c3C)cc2)cc1. The van der Waals surface area contributed by atoms with E-state index in [1.807, 2.05) is 13.8 Å². The summed E-state index contributed by atoms with van der Waals surface area (Å²) < 4.78 is 25.1. The molecular weight excluding hydrogens is 394 g/mol. The number of aryl methyl sites for hydroxylation is 1. The van der Waals surface area contributed by atoms with E-state index in [9.17, 15) is 13.2 Å². The highest BCUT2D eigenvalue weighted by Gasteiger charge is 2.16. The van der Waals surface area contributed by atoms with E-state index in [0.717, 1.165) is 11.1 Å². The molecule has 0 atom stereocenters. The van der Waals surface area contributed by atoms with Gasteiger partial charge in [-0.2, -0.15) is 0 Å². The summed E-state index contributed by atoms with van der Waals surface area (Å²) in [5.41, 5.74) is 3.50. The minimum atomic E-state index is -3.44. The molecule has 0 saturated carbocycles. The molecule has 0 spiro atoms. The number of halogens is 1. The topological polar surface area (TPSA) is 63.2 Å². The van der Waals surface area contributed by atoms with Gasteiger partial charge in [-0.3, -0.25) is 4.79 Å². The van der Waals surface area contributed by atoms with Crippen LogP contribution in [0.2, 0.25) is 5.02 Å². The Morgan fingerprint density at radius 2 is 1.57 bits per heavy atom. The van der Waals surface area contributed by atoms with Crippen molar-refractivity contribution in [2.75, 3.05) is 5.32 Å². The fourth-order valence-corrected chi connectivity index (χ4v) is 4.26. The highest BCUT2D eigenvalue weighted by Crippen LogP contribution is 2.24. The largest absolute Gasteiger partial charge is 0.322 e. The number of anilines is 1. The van der Waals surface area contributed by atoms with Crippen molar-refractivity contribution in [3.05, 3.63) is 94.0 Å². The van der Waals surface area contributed by atoms with Crippen molar-refractivity contribution in [1.82, 2.24) is 0 Å².